The van der Waals surface area contributed by atoms with Crippen LogP contribution in [0.1, 0.15) is 29.7 Å². The van der Waals surface area contributed by atoms with Gasteiger partial charge in [0.05, 0.1) is 0 Å². The molecule has 3 heteroatoms. The van der Waals surface area contributed by atoms with Gasteiger partial charge >= 0.3 is 0 Å². The summed E-state index contributed by atoms with van der Waals surface area (Å²) in [7, 11) is 1.96. The molecule has 2 nitrogen and oxygen atoms in total. The zero-order valence-corrected chi connectivity index (χ0v) is 13.9. The van der Waals surface area contributed by atoms with Gasteiger partial charge in [-0.15, -0.1) is 0 Å². The van der Waals surface area contributed by atoms with Crippen LogP contribution in [0.4, 0.5) is 0 Å². The van der Waals surface area contributed by atoms with Gasteiger partial charge in [0.25, 0.3) is 0 Å². The van der Waals surface area contributed by atoms with Gasteiger partial charge in [-0.1, -0.05) is 28.1 Å². The SMILES string of the molecule is CNC(C)c1cccc(Oc2cc(C)c(Br)c(C)c2)c1. The molecule has 2 rings (SSSR count). The van der Waals surface area contributed by atoms with Crippen LogP contribution in [0.3, 0.4) is 0 Å². The van der Waals surface area contributed by atoms with Gasteiger partial charge in [0.15, 0.2) is 0 Å². The summed E-state index contributed by atoms with van der Waals surface area (Å²) in [5, 5.41) is 3.24. The fraction of sp³-hybridized carbons (Fsp3) is 0.294. The van der Waals surface area contributed by atoms with E-state index < -0.39 is 0 Å². The maximum atomic E-state index is 5.98. The third-order valence-electron chi connectivity index (χ3n) is 3.44. The van der Waals surface area contributed by atoms with Gasteiger partial charge in [-0.05, 0) is 68.8 Å². The van der Waals surface area contributed by atoms with Gasteiger partial charge in [0.1, 0.15) is 11.5 Å². The molecule has 1 atom stereocenters. The molecule has 0 bridgehead atoms. The lowest BCUT2D eigenvalue weighted by molar-refractivity contribution is 0.479. The normalized spacial score (nSPS) is 12.2. The van der Waals surface area contributed by atoms with Crippen molar-refractivity contribution in [2.24, 2.45) is 0 Å². The minimum Gasteiger partial charge on any atom is -0.457 e. The third-order valence-corrected chi connectivity index (χ3v) is 4.69. The number of aryl methyl sites for hydroxylation is 2. The molecule has 0 saturated carbocycles. The molecule has 0 heterocycles. The highest BCUT2D eigenvalue weighted by Crippen LogP contribution is 2.30. The summed E-state index contributed by atoms with van der Waals surface area (Å²) in [6.07, 6.45) is 0. The van der Waals surface area contributed by atoms with Gasteiger partial charge < -0.3 is 10.1 Å². The standard InChI is InChI=1S/C17H20BrNO/c1-11-8-16(9-12(2)17(11)18)20-15-7-5-6-14(10-15)13(3)19-4/h5-10,13,19H,1-4H3. The van der Waals surface area contributed by atoms with E-state index in [1.165, 1.54) is 16.7 Å². The maximum absolute atomic E-state index is 5.98. The summed E-state index contributed by atoms with van der Waals surface area (Å²) in [6, 6.07) is 12.6. The van der Waals surface area contributed by atoms with Crippen molar-refractivity contribution in [1.82, 2.24) is 5.32 Å². The van der Waals surface area contributed by atoms with Crippen molar-refractivity contribution in [3.8, 4) is 11.5 Å². The Morgan fingerprint density at radius 1 is 1.05 bits per heavy atom. The van der Waals surface area contributed by atoms with Crippen LogP contribution in [0.5, 0.6) is 11.5 Å². The molecule has 0 aliphatic rings. The lowest BCUT2D eigenvalue weighted by atomic mass is 10.1. The Morgan fingerprint density at radius 2 is 1.70 bits per heavy atom. The number of ether oxygens (including phenoxy) is 1. The average molecular weight is 334 g/mol. The van der Waals surface area contributed by atoms with Crippen molar-refractivity contribution >= 4 is 15.9 Å². The number of rotatable bonds is 4. The molecular weight excluding hydrogens is 314 g/mol. The van der Waals surface area contributed by atoms with E-state index >= 15 is 0 Å². The molecule has 0 saturated heterocycles. The van der Waals surface area contributed by atoms with Crippen LogP contribution in [-0.4, -0.2) is 7.05 Å². The maximum Gasteiger partial charge on any atom is 0.128 e. The summed E-state index contributed by atoms with van der Waals surface area (Å²) in [5.41, 5.74) is 3.58. The Kier molecular flexibility index (Phi) is 4.84. The number of nitrogens with one attached hydrogen (secondary N) is 1. The van der Waals surface area contributed by atoms with Gasteiger partial charge in [0, 0.05) is 10.5 Å². The fourth-order valence-electron chi connectivity index (χ4n) is 2.12. The highest BCUT2D eigenvalue weighted by molar-refractivity contribution is 9.10. The molecule has 0 aromatic heterocycles. The second kappa shape index (κ2) is 6.42. The third kappa shape index (κ3) is 3.41. The van der Waals surface area contributed by atoms with E-state index in [2.05, 4.69) is 54.2 Å². The van der Waals surface area contributed by atoms with Crippen LogP contribution in [0.2, 0.25) is 0 Å². The molecule has 1 unspecified atom stereocenters. The quantitative estimate of drug-likeness (QED) is 0.836. The fourth-order valence-corrected chi connectivity index (χ4v) is 2.34. The number of halogens is 1. The summed E-state index contributed by atoms with van der Waals surface area (Å²) >= 11 is 3.57. The average Bonchev–Trinajstić information content (AvgIpc) is 2.44. The molecule has 0 fully saturated rings. The van der Waals surface area contributed by atoms with E-state index in [1.807, 2.05) is 31.3 Å². The summed E-state index contributed by atoms with van der Waals surface area (Å²) in [5.74, 6) is 1.74. The first-order chi connectivity index (χ1) is 9.51. The minimum atomic E-state index is 0.312. The van der Waals surface area contributed by atoms with Gasteiger partial charge in [0.2, 0.25) is 0 Å². The van der Waals surface area contributed by atoms with E-state index in [0.29, 0.717) is 6.04 Å². The molecule has 20 heavy (non-hydrogen) atoms. The Balaban J connectivity index is 2.26. The highest BCUT2D eigenvalue weighted by Gasteiger charge is 2.07. The number of hydrogen-bond acceptors (Lipinski definition) is 2. The van der Waals surface area contributed by atoms with Crippen LogP contribution in [0.25, 0.3) is 0 Å². The van der Waals surface area contributed by atoms with Crippen molar-refractivity contribution in [1.29, 1.82) is 0 Å². The first kappa shape index (κ1) is 15.1. The molecular formula is C17H20BrNO. The monoisotopic (exact) mass is 333 g/mol. The van der Waals surface area contributed by atoms with E-state index in [0.717, 1.165) is 16.0 Å². The van der Waals surface area contributed by atoms with E-state index in [-0.39, 0.29) is 0 Å². The lowest BCUT2D eigenvalue weighted by Gasteiger charge is -2.13. The zero-order chi connectivity index (χ0) is 14.7. The van der Waals surface area contributed by atoms with E-state index in [4.69, 9.17) is 4.74 Å². The molecule has 0 aliphatic heterocycles. The van der Waals surface area contributed by atoms with Crippen LogP contribution >= 0.6 is 15.9 Å². The molecule has 1 N–H and O–H groups in total. The van der Waals surface area contributed by atoms with Gasteiger partial charge in [-0.25, -0.2) is 0 Å². The molecule has 2 aromatic rings. The Morgan fingerprint density at radius 3 is 2.30 bits per heavy atom. The molecule has 0 amide bonds. The first-order valence-electron chi connectivity index (χ1n) is 6.73. The Bertz CT molecular complexity index is 587. The first-order valence-corrected chi connectivity index (χ1v) is 7.52. The smallest absolute Gasteiger partial charge is 0.128 e. The molecule has 106 valence electrons. The number of benzene rings is 2. The van der Waals surface area contributed by atoms with Crippen molar-refractivity contribution in [2.45, 2.75) is 26.8 Å². The Hall–Kier alpha value is -1.32. The van der Waals surface area contributed by atoms with Crippen molar-refractivity contribution in [2.75, 3.05) is 7.05 Å². The van der Waals surface area contributed by atoms with Crippen LogP contribution in [0, 0.1) is 13.8 Å². The molecule has 0 spiro atoms. The second-order valence-corrected chi connectivity index (χ2v) is 5.85. The van der Waals surface area contributed by atoms with Gasteiger partial charge in [-0.2, -0.15) is 0 Å². The van der Waals surface area contributed by atoms with Crippen molar-refractivity contribution in [3.05, 3.63) is 57.6 Å². The lowest BCUT2D eigenvalue weighted by Crippen LogP contribution is -2.12. The molecule has 0 radical (unpaired) electrons. The number of hydrogen-bond donors (Lipinski definition) is 1. The topological polar surface area (TPSA) is 21.3 Å². The predicted octanol–water partition coefficient (Wildman–Crippen LogP) is 5.14. The van der Waals surface area contributed by atoms with Crippen LogP contribution in [-0.2, 0) is 0 Å². The van der Waals surface area contributed by atoms with Crippen molar-refractivity contribution in [3.63, 3.8) is 0 Å². The summed E-state index contributed by atoms with van der Waals surface area (Å²) in [6.45, 7) is 6.28. The van der Waals surface area contributed by atoms with Gasteiger partial charge in [-0.3, -0.25) is 0 Å². The van der Waals surface area contributed by atoms with Crippen LogP contribution in [0.15, 0.2) is 40.9 Å². The predicted molar refractivity (Wildman–Crippen MR) is 87.6 cm³/mol. The molecule has 0 aliphatic carbocycles. The van der Waals surface area contributed by atoms with Crippen LogP contribution < -0.4 is 10.1 Å². The van der Waals surface area contributed by atoms with E-state index in [1.54, 1.807) is 0 Å². The minimum absolute atomic E-state index is 0.312. The largest absolute Gasteiger partial charge is 0.457 e. The zero-order valence-electron chi connectivity index (χ0n) is 12.3. The molecule has 2 aromatic carbocycles. The summed E-state index contributed by atoms with van der Waals surface area (Å²) in [4.78, 5) is 0. The second-order valence-electron chi connectivity index (χ2n) is 5.06. The summed E-state index contributed by atoms with van der Waals surface area (Å²) < 4.78 is 7.12. The highest BCUT2D eigenvalue weighted by atomic mass is 79.9. The Labute approximate surface area is 129 Å². The van der Waals surface area contributed by atoms with E-state index in [9.17, 15) is 0 Å². The van der Waals surface area contributed by atoms with Crippen molar-refractivity contribution < 1.29 is 4.74 Å².